The topological polar surface area (TPSA) is 117 Å². The third-order valence-electron chi connectivity index (χ3n) is 6.49. The molecule has 5 aromatic heterocycles. The van der Waals surface area contributed by atoms with Crippen LogP contribution in [0.15, 0.2) is 41.4 Å². The molecule has 1 atom stereocenters. The minimum absolute atomic E-state index is 0.0793. The van der Waals surface area contributed by atoms with Crippen LogP contribution < -0.4 is 5.32 Å². The molecule has 6 heterocycles. The van der Waals surface area contributed by atoms with Crippen LogP contribution >= 0.6 is 0 Å². The zero-order chi connectivity index (χ0) is 25.9. The number of anilines is 2. The smallest absolute Gasteiger partial charge is 0.342 e. The number of nitrogens with one attached hydrogen (secondary N) is 1. The van der Waals surface area contributed by atoms with E-state index in [2.05, 4.69) is 40.5 Å². The average molecular weight is 510 g/mol. The molecule has 190 valence electrons. The summed E-state index contributed by atoms with van der Waals surface area (Å²) in [6, 6.07) is 4.61. The summed E-state index contributed by atoms with van der Waals surface area (Å²) in [5.41, 5.74) is 2.37. The zero-order valence-corrected chi connectivity index (χ0v) is 20.0. The van der Waals surface area contributed by atoms with Crippen molar-refractivity contribution in [1.82, 2.24) is 44.4 Å². The molecule has 0 saturated carbocycles. The van der Waals surface area contributed by atoms with Crippen molar-refractivity contribution in [2.75, 3.05) is 12.0 Å². The standard InChI is InChI=1S/C23H21F3N10O/c1-12-9-27-18(29-19-4-5-28-34(19)3)7-16(12)14-6-17-21-30-31-22(23(25,26)20-13(2)32-37-33-20)36(21)15(8-24)11-35(17)10-14/h4-7,9-10,15H,8,11H2,1-3H3,(H,27,29)/t15-/m0/s1. The number of pyridine rings is 1. The molecule has 1 aliphatic rings. The summed E-state index contributed by atoms with van der Waals surface area (Å²) in [6.45, 7) is 2.52. The summed E-state index contributed by atoms with van der Waals surface area (Å²) >= 11 is 0. The van der Waals surface area contributed by atoms with E-state index < -0.39 is 30.2 Å². The van der Waals surface area contributed by atoms with Crippen molar-refractivity contribution in [3.63, 3.8) is 0 Å². The fraction of sp³-hybridized carbons (Fsp3) is 0.304. The van der Waals surface area contributed by atoms with E-state index in [0.717, 1.165) is 27.1 Å². The van der Waals surface area contributed by atoms with E-state index in [9.17, 15) is 4.39 Å². The largest absolute Gasteiger partial charge is 0.353 e. The molecular weight excluding hydrogens is 489 g/mol. The molecule has 6 rings (SSSR count). The lowest BCUT2D eigenvalue weighted by Crippen LogP contribution is -2.30. The van der Waals surface area contributed by atoms with Crippen LogP contribution in [0.25, 0.3) is 22.6 Å². The second-order valence-electron chi connectivity index (χ2n) is 8.91. The molecule has 0 aromatic carbocycles. The Morgan fingerprint density at radius 1 is 1.19 bits per heavy atom. The van der Waals surface area contributed by atoms with E-state index in [4.69, 9.17) is 0 Å². The Balaban J connectivity index is 1.42. The zero-order valence-electron chi connectivity index (χ0n) is 20.0. The van der Waals surface area contributed by atoms with Crippen molar-refractivity contribution < 1.29 is 17.8 Å². The second-order valence-corrected chi connectivity index (χ2v) is 8.91. The van der Waals surface area contributed by atoms with Gasteiger partial charge in [0.2, 0.25) is 5.82 Å². The Kier molecular flexibility index (Phi) is 5.14. The van der Waals surface area contributed by atoms with Gasteiger partial charge < -0.3 is 9.88 Å². The van der Waals surface area contributed by atoms with Gasteiger partial charge in [-0.3, -0.25) is 9.25 Å². The molecule has 0 saturated heterocycles. The third-order valence-corrected chi connectivity index (χ3v) is 6.49. The first-order valence-electron chi connectivity index (χ1n) is 11.4. The Bertz CT molecular complexity index is 1610. The molecule has 0 amide bonds. The average Bonchev–Trinajstić information content (AvgIpc) is 3.66. The van der Waals surface area contributed by atoms with E-state index in [1.807, 2.05) is 42.9 Å². The van der Waals surface area contributed by atoms with Crippen molar-refractivity contribution in [2.45, 2.75) is 32.4 Å². The minimum atomic E-state index is -3.67. The van der Waals surface area contributed by atoms with Gasteiger partial charge in [0.1, 0.15) is 24.0 Å². The molecule has 37 heavy (non-hydrogen) atoms. The Hall–Kier alpha value is -4.49. The molecule has 14 heteroatoms. The molecule has 0 fully saturated rings. The maximum Gasteiger partial charge on any atom is 0.353 e. The van der Waals surface area contributed by atoms with Crippen LogP contribution in [0.4, 0.5) is 24.8 Å². The molecule has 11 nitrogen and oxygen atoms in total. The number of nitrogens with zero attached hydrogens (tertiary/aromatic N) is 9. The number of aryl methyl sites for hydroxylation is 3. The highest BCUT2D eigenvalue weighted by Gasteiger charge is 2.47. The van der Waals surface area contributed by atoms with Gasteiger partial charge in [0, 0.05) is 37.6 Å². The summed E-state index contributed by atoms with van der Waals surface area (Å²) < 4.78 is 54.1. The number of alkyl halides is 3. The van der Waals surface area contributed by atoms with E-state index in [-0.39, 0.29) is 18.1 Å². The van der Waals surface area contributed by atoms with Crippen LogP contribution in [0, 0.1) is 13.8 Å². The highest BCUT2D eigenvalue weighted by atomic mass is 19.3. The van der Waals surface area contributed by atoms with Gasteiger partial charge in [0.15, 0.2) is 11.5 Å². The van der Waals surface area contributed by atoms with Crippen LogP contribution in [0.1, 0.15) is 28.8 Å². The highest BCUT2D eigenvalue weighted by Crippen LogP contribution is 2.41. The lowest BCUT2D eigenvalue weighted by Gasteiger charge is -2.27. The summed E-state index contributed by atoms with van der Waals surface area (Å²) in [7, 11) is 1.81. The first kappa shape index (κ1) is 22.9. The van der Waals surface area contributed by atoms with Crippen molar-refractivity contribution in [2.24, 2.45) is 7.05 Å². The summed E-state index contributed by atoms with van der Waals surface area (Å²) in [5.74, 6) is -2.86. The quantitative estimate of drug-likeness (QED) is 0.365. The lowest BCUT2D eigenvalue weighted by atomic mass is 10.1. The van der Waals surface area contributed by atoms with Crippen molar-refractivity contribution in [1.29, 1.82) is 0 Å². The predicted molar refractivity (Wildman–Crippen MR) is 125 cm³/mol. The van der Waals surface area contributed by atoms with E-state index in [1.165, 1.54) is 6.92 Å². The number of hydrogen-bond acceptors (Lipinski definition) is 8. The van der Waals surface area contributed by atoms with Gasteiger partial charge in [0.25, 0.3) is 0 Å². The number of fused-ring (bicyclic) bond motifs is 3. The molecule has 1 aliphatic heterocycles. The Morgan fingerprint density at radius 3 is 2.73 bits per heavy atom. The highest BCUT2D eigenvalue weighted by molar-refractivity contribution is 5.75. The van der Waals surface area contributed by atoms with Crippen LogP contribution in [0.2, 0.25) is 0 Å². The van der Waals surface area contributed by atoms with E-state index in [1.54, 1.807) is 17.1 Å². The molecule has 0 aliphatic carbocycles. The van der Waals surface area contributed by atoms with Gasteiger partial charge in [-0.2, -0.15) is 13.9 Å². The fourth-order valence-electron chi connectivity index (χ4n) is 4.60. The molecule has 0 radical (unpaired) electrons. The predicted octanol–water partition coefficient (Wildman–Crippen LogP) is 3.95. The van der Waals surface area contributed by atoms with Crippen molar-refractivity contribution in [3.8, 4) is 22.6 Å². The molecule has 0 spiro atoms. The Morgan fingerprint density at radius 2 is 2.03 bits per heavy atom. The van der Waals surface area contributed by atoms with E-state index >= 15 is 8.78 Å². The first-order valence-corrected chi connectivity index (χ1v) is 11.4. The van der Waals surface area contributed by atoms with Crippen LogP contribution in [0.5, 0.6) is 0 Å². The number of halogens is 3. The van der Waals surface area contributed by atoms with E-state index in [0.29, 0.717) is 11.5 Å². The van der Waals surface area contributed by atoms with Crippen LogP contribution in [-0.4, -0.2) is 51.1 Å². The molecular formula is C23H21F3N10O. The van der Waals surface area contributed by atoms with Gasteiger partial charge in [-0.05, 0) is 42.3 Å². The Labute approximate surface area is 207 Å². The molecule has 1 N–H and O–H groups in total. The van der Waals surface area contributed by atoms with Gasteiger partial charge in [-0.25, -0.2) is 14.0 Å². The number of aromatic nitrogens is 9. The number of hydrogen-bond donors (Lipinski definition) is 1. The van der Waals surface area contributed by atoms with Crippen molar-refractivity contribution in [3.05, 3.63) is 59.6 Å². The van der Waals surface area contributed by atoms with Crippen LogP contribution in [0.3, 0.4) is 0 Å². The van der Waals surface area contributed by atoms with Gasteiger partial charge in [0.05, 0.1) is 17.9 Å². The SMILES string of the molecule is Cc1cnc(Nc2ccnn2C)cc1-c1cc2n(c1)C[C@H](CF)n1c-2nnc1C(F)(F)c1nonc1C. The maximum atomic E-state index is 15.4. The molecule has 0 bridgehead atoms. The fourth-order valence-corrected chi connectivity index (χ4v) is 4.60. The lowest BCUT2D eigenvalue weighted by molar-refractivity contribution is 0.0174. The molecule has 5 aromatic rings. The maximum absolute atomic E-state index is 15.4. The van der Waals surface area contributed by atoms with Gasteiger partial charge >= 0.3 is 5.92 Å². The summed E-state index contributed by atoms with van der Waals surface area (Å²) in [6.07, 6.45) is 5.27. The van der Waals surface area contributed by atoms with Crippen LogP contribution in [-0.2, 0) is 19.5 Å². The first-order chi connectivity index (χ1) is 17.8. The van der Waals surface area contributed by atoms with Crippen molar-refractivity contribution >= 4 is 11.6 Å². The molecule has 0 unspecified atom stereocenters. The summed E-state index contributed by atoms with van der Waals surface area (Å²) in [5, 5.41) is 22.0. The van der Waals surface area contributed by atoms with Gasteiger partial charge in [-0.1, -0.05) is 5.16 Å². The monoisotopic (exact) mass is 510 g/mol. The third kappa shape index (κ3) is 3.58. The number of rotatable bonds is 6. The minimum Gasteiger partial charge on any atom is -0.342 e. The summed E-state index contributed by atoms with van der Waals surface area (Å²) in [4.78, 5) is 4.45. The normalized spacial score (nSPS) is 15.0. The second kappa shape index (κ2) is 8.28. The van der Waals surface area contributed by atoms with Gasteiger partial charge in [-0.15, -0.1) is 10.2 Å².